The third-order valence-corrected chi connectivity index (χ3v) is 2.81. The van der Waals surface area contributed by atoms with E-state index in [0.29, 0.717) is 13.1 Å². The summed E-state index contributed by atoms with van der Waals surface area (Å²) in [6.07, 6.45) is 0. The Morgan fingerprint density at radius 3 is 2.94 bits per heavy atom. The molecule has 0 aromatic carbocycles. The van der Waals surface area contributed by atoms with Gasteiger partial charge in [0.25, 0.3) is 0 Å². The molecule has 0 saturated carbocycles. The van der Waals surface area contributed by atoms with Crippen LogP contribution in [0.15, 0.2) is 0 Å². The molecule has 0 radical (unpaired) electrons. The van der Waals surface area contributed by atoms with Gasteiger partial charge in [-0.2, -0.15) is 5.26 Å². The van der Waals surface area contributed by atoms with Crippen LogP contribution >= 0.6 is 0 Å². The van der Waals surface area contributed by atoms with Crippen molar-refractivity contribution in [3.05, 3.63) is 0 Å². The maximum atomic E-state index is 11.9. The lowest BCUT2D eigenvalue weighted by Gasteiger charge is -2.36. The van der Waals surface area contributed by atoms with Gasteiger partial charge in [0.15, 0.2) is 0 Å². The molecule has 1 fully saturated rings. The molecule has 2 unspecified atom stereocenters. The van der Waals surface area contributed by atoms with Crippen molar-refractivity contribution in [2.45, 2.75) is 13.0 Å². The zero-order chi connectivity index (χ0) is 12.1. The maximum absolute atomic E-state index is 11.9. The molecule has 5 heteroatoms. The van der Waals surface area contributed by atoms with Crippen molar-refractivity contribution in [3.63, 3.8) is 0 Å². The van der Waals surface area contributed by atoms with E-state index in [4.69, 9.17) is 5.26 Å². The van der Waals surface area contributed by atoms with Crippen LogP contribution in [0.1, 0.15) is 6.92 Å². The Bertz CT molecular complexity index is 284. The van der Waals surface area contributed by atoms with Gasteiger partial charge in [0.05, 0.1) is 12.0 Å². The number of rotatable bonds is 3. The van der Waals surface area contributed by atoms with Gasteiger partial charge in [0, 0.05) is 40.3 Å². The van der Waals surface area contributed by atoms with Crippen molar-refractivity contribution in [2.75, 3.05) is 40.3 Å². The smallest absolute Gasteiger partial charge is 0.240 e. The molecule has 1 aliphatic rings. The van der Waals surface area contributed by atoms with E-state index in [9.17, 15) is 4.79 Å². The van der Waals surface area contributed by atoms with Gasteiger partial charge in [-0.1, -0.05) is 0 Å². The van der Waals surface area contributed by atoms with E-state index in [0.717, 1.165) is 13.1 Å². The van der Waals surface area contributed by atoms with Crippen molar-refractivity contribution < 1.29 is 4.79 Å². The van der Waals surface area contributed by atoms with Crippen LogP contribution in [0.2, 0.25) is 0 Å². The number of likely N-dealkylation sites (N-methyl/N-ethyl adjacent to an activating group) is 1. The molecular weight excluding hydrogens is 204 g/mol. The van der Waals surface area contributed by atoms with Crippen LogP contribution in [0, 0.1) is 17.2 Å². The number of carbonyl (C=O) groups excluding carboxylic acids is 1. The molecule has 1 amide bonds. The van der Waals surface area contributed by atoms with Gasteiger partial charge in [-0.3, -0.25) is 9.69 Å². The molecule has 90 valence electrons. The van der Waals surface area contributed by atoms with E-state index in [1.807, 2.05) is 6.92 Å². The van der Waals surface area contributed by atoms with Crippen LogP contribution in [0.5, 0.6) is 0 Å². The minimum absolute atomic E-state index is 0.0319. The minimum Gasteiger partial charge on any atom is -0.347 e. The van der Waals surface area contributed by atoms with Crippen LogP contribution in [0.25, 0.3) is 0 Å². The SMILES string of the molecule is CC(C#N)CN1CCNCC1C(=O)N(C)C. The van der Waals surface area contributed by atoms with Crippen molar-refractivity contribution in [3.8, 4) is 6.07 Å². The zero-order valence-corrected chi connectivity index (χ0v) is 10.2. The zero-order valence-electron chi connectivity index (χ0n) is 10.2. The Labute approximate surface area is 97.0 Å². The van der Waals surface area contributed by atoms with Crippen LogP contribution in [0.3, 0.4) is 0 Å². The lowest BCUT2D eigenvalue weighted by molar-refractivity contribution is -0.135. The Morgan fingerprint density at radius 1 is 1.69 bits per heavy atom. The molecule has 2 atom stereocenters. The first-order valence-electron chi connectivity index (χ1n) is 5.61. The molecule has 1 N–H and O–H groups in total. The highest BCUT2D eigenvalue weighted by Crippen LogP contribution is 2.09. The van der Waals surface area contributed by atoms with E-state index in [1.165, 1.54) is 0 Å². The summed E-state index contributed by atoms with van der Waals surface area (Å²) in [5, 5.41) is 12.0. The van der Waals surface area contributed by atoms with Crippen molar-refractivity contribution in [2.24, 2.45) is 5.92 Å². The van der Waals surface area contributed by atoms with Crippen molar-refractivity contribution >= 4 is 5.91 Å². The van der Waals surface area contributed by atoms with Gasteiger partial charge in [-0.25, -0.2) is 0 Å². The van der Waals surface area contributed by atoms with Gasteiger partial charge in [0.1, 0.15) is 6.04 Å². The van der Waals surface area contributed by atoms with E-state index in [2.05, 4.69) is 16.3 Å². The van der Waals surface area contributed by atoms with Gasteiger partial charge < -0.3 is 10.2 Å². The second-order valence-corrected chi connectivity index (χ2v) is 4.48. The summed E-state index contributed by atoms with van der Waals surface area (Å²) in [5.41, 5.74) is 0. The minimum atomic E-state index is -0.125. The topological polar surface area (TPSA) is 59.4 Å². The van der Waals surface area contributed by atoms with Crippen LogP contribution in [0.4, 0.5) is 0 Å². The maximum Gasteiger partial charge on any atom is 0.240 e. The highest BCUT2D eigenvalue weighted by atomic mass is 16.2. The number of hydrogen-bond donors (Lipinski definition) is 1. The number of nitrogens with zero attached hydrogens (tertiary/aromatic N) is 3. The molecule has 1 saturated heterocycles. The molecule has 1 heterocycles. The van der Waals surface area contributed by atoms with E-state index in [-0.39, 0.29) is 17.9 Å². The molecule has 16 heavy (non-hydrogen) atoms. The summed E-state index contributed by atoms with van der Waals surface area (Å²) in [4.78, 5) is 15.7. The third kappa shape index (κ3) is 3.19. The summed E-state index contributed by atoms with van der Waals surface area (Å²) in [7, 11) is 3.53. The first-order chi connectivity index (χ1) is 7.56. The first-order valence-corrected chi connectivity index (χ1v) is 5.61. The molecule has 0 aromatic heterocycles. The summed E-state index contributed by atoms with van der Waals surface area (Å²) >= 11 is 0. The van der Waals surface area contributed by atoms with E-state index < -0.39 is 0 Å². The highest BCUT2D eigenvalue weighted by Gasteiger charge is 2.30. The number of piperazine rings is 1. The van der Waals surface area contributed by atoms with Gasteiger partial charge >= 0.3 is 0 Å². The Balaban J connectivity index is 2.64. The number of amides is 1. The first kappa shape index (κ1) is 12.9. The molecule has 1 rings (SSSR count). The molecule has 0 spiro atoms. The molecule has 0 aromatic rings. The number of nitriles is 1. The van der Waals surface area contributed by atoms with E-state index >= 15 is 0 Å². The van der Waals surface area contributed by atoms with Crippen molar-refractivity contribution in [1.82, 2.24) is 15.1 Å². The Kier molecular flexibility index (Phi) is 4.71. The summed E-state index contributed by atoms with van der Waals surface area (Å²) in [6, 6.07) is 2.09. The molecular formula is C11H20N4O. The summed E-state index contributed by atoms with van der Waals surface area (Å²) in [6.45, 7) is 4.95. The average Bonchev–Trinajstić information content (AvgIpc) is 2.28. The van der Waals surface area contributed by atoms with Crippen LogP contribution < -0.4 is 5.32 Å². The predicted octanol–water partition coefficient (Wildman–Crippen LogP) is -0.492. The van der Waals surface area contributed by atoms with Crippen LogP contribution in [-0.2, 0) is 4.79 Å². The lowest BCUT2D eigenvalue weighted by atomic mass is 10.1. The highest BCUT2D eigenvalue weighted by molar-refractivity contribution is 5.81. The van der Waals surface area contributed by atoms with Gasteiger partial charge in [-0.15, -0.1) is 0 Å². The average molecular weight is 224 g/mol. The number of hydrogen-bond acceptors (Lipinski definition) is 4. The largest absolute Gasteiger partial charge is 0.347 e. The predicted molar refractivity (Wildman–Crippen MR) is 61.7 cm³/mol. The van der Waals surface area contributed by atoms with Gasteiger partial charge in [-0.05, 0) is 6.92 Å². The van der Waals surface area contributed by atoms with E-state index in [1.54, 1.807) is 19.0 Å². The standard InChI is InChI=1S/C11H20N4O/c1-9(6-12)8-15-5-4-13-7-10(15)11(16)14(2)3/h9-10,13H,4-5,7-8H2,1-3H3. The fourth-order valence-electron chi connectivity index (χ4n) is 1.90. The third-order valence-electron chi connectivity index (χ3n) is 2.81. The Morgan fingerprint density at radius 2 is 2.38 bits per heavy atom. The number of nitrogens with one attached hydrogen (secondary N) is 1. The second kappa shape index (κ2) is 5.83. The Hall–Kier alpha value is -1.12. The summed E-state index contributed by atoms with van der Waals surface area (Å²) < 4.78 is 0. The lowest BCUT2D eigenvalue weighted by Crippen LogP contribution is -2.58. The molecule has 0 aliphatic carbocycles. The molecule has 0 bridgehead atoms. The fraction of sp³-hybridized carbons (Fsp3) is 0.818. The fourth-order valence-corrected chi connectivity index (χ4v) is 1.90. The quantitative estimate of drug-likeness (QED) is 0.702. The summed E-state index contributed by atoms with van der Waals surface area (Å²) in [5.74, 6) is 0.0768. The normalized spacial score (nSPS) is 23.5. The second-order valence-electron chi connectivity index (χ2n) is 4.48. The monoisotopic (exact) mass is 224 g/mol. The van der Waals surface area contributed by atoms with Crippen LogP contribution in [-0.4, -0.2) is 62.0 Å². The molecule has 5 nitrogen and oxygen atoms in total. The van der Waals surface area contributed by atoms with Gasteiger partial charge in [0.2, 0.25) is 5.91 Å². The van der Waals surface area contributed by atoms with Crippen molar-refractivity contribution in [1.29, 1.82) is 5.26 Å². The number of carbonyl (C=O) groups is 1. The molecule has 1 aliphatic heterocycles.